The van der Waals surface area contributed by atoms with E-state index in [-0.39, 0.29) is 5.92 Å². The van der Waals surface area contributed by atoms with Crippen LogP contribution in [0.3, 0.4) is 0 Å². The van der Waals surface area contributed by atoms with Crippen molar-refractivity contribution < 1.29 is 9.90 Å². The largest absolute Gasteiger partial charge is 0.550 e. The number of carbonyl (C=O) groups is 1. The van der Waals surface area contributed by atoms with Crippen LogP contribution in [0.5, 0.6) is 0 Å². The lowest BCUT2D eigenvalue weighted by molar-refractivity contribution is -0.312. The Morgan fingerprint density at radius 1 is 0.875 bits per heavy atom. The van der Waals surface area contributed by atoms with Crippen LogP contribution in [0.4, 0.5) is 0 Å². The molecule has 0 N–H and O–H groups in total. The standard InChI is InChI=1S/C22H42O2/c1-5-6-7-8-9-10-11-12-16-21(22(23)24)18-17-20(4)15-13-14-19(2)3/h14,20-21H,5-13,15-18H2,1-4H3,(H,23,24)/p-1. The van der Waals surface area contributed by atoms with Gasteiger partial charge in [0, 0.05) is 5.97 Å². The quantitative estimate of drug-likeness (QED) is 0.254. The molecule has 0 heterocycles. The number of aliphatic carboxylic acids is 1. The van der Waals surface area contributed by atoms with Crippen molar-refractivity contribution in [2.45, 2.75) is 111 Å². The number of unbranched alkanes of at least 4 members (excludes halogenated alkanes) is 7. The van der Waals surface area contributed by atoms with E-state index < -0.39 is 5.97 Å². The van der Waals surface area contributed by atoms with E-state index >= 15 is 0 Å². The van der Waals surface area contributed by atoms with E-state index in [0.29, 0.717) is 5.92 Å². The summed E-state index contributed by atoms with van der Waals surface area (Å²) in [5.74, 6) is -0.480. The Balaban J connectivity index is 3.77. The van der Waals surface area contributed by atoms with Crippen molar-refractivity contribution in [3.05, 3.63) is 11.6 Å². The lowest BCUT2D eigenvalue weighted by atomic mass is 9.90. The molecule has 0 aromatic carbocycles. The fourth-order valence-corrected chi connectivity index (χ4v) is 3.19. The van der Waals surface area contributed by atoms with Crippen LogP contribution in [0.1, 0.15) is 111 Å². The minimum Gasteiger partial charge on any atom is -0.550 e. The first-order valence-corrected chi connectivity index (χ1v) is 10.3. The molecule has 0 aromatic heterocycles. The summed E-state index contributed by atoms with van der Waals surface area (Å²) in [4.78, 5) is 11.3. The highest BCUT2D eigenvalue weighted by molar-refractivity contribution is 5.67. The highest BCUT2D eigenvalue weighted by Gasteiger charge is 2.12. The van der Waals surface area contributed by atoms with Crippen molar-refractivity contribution in [1.29, 1.82) is 0 Å². The smallest absolute Gasteiger partial charge is 0.0445 e. The summed E-state index contributed by atoms with van der Waals surface area (Å²) in [6.07, 6.45) is 17.2. The maximum absolute atomic E-state index is 11.3. The molecule has 0 aromatic rings. The van der Waals surface area contributed by atoms with Gasteiger partial charge >= 0.3 is 0 Å². The number of carbonyl (C=O) groups excluding carboxylic acids is 1. The van der Waals surface area contributed by atoms with Crippen LogP contribution in [-0.4, -0.2) is 5.97 Å². The fourth-order valence-electron chi connectivity index (χ4n) is 3.19. The van der Waals surface area contributed by atoms with E-state index in [1.165, 1.54) is 50.5 Å². The Morgan fingerprint density at radius 2 is 1.46 bits per heavy atom. The lowest BCUT2D eigenvalue weighted by Gasteiger charge is -2.20. The van der Waals surface area contributed by atoms with Gasteiger partial charge in [-0.05, 0) is 51.4 Å². The predicted octanol–water partition coefficient (Wildman–Crippen LogP) is 6.05. The first-order valence-electron chi connectivity index (χ1n) is 10.3. The molecular formula is C22H41O2-. The predicted molar refractivity (Wildman–Crippen MR) is 103 cm³/mol. The Labute approximate surface area is 151 Å². The third-order valence-corrected chi connectivity index (χ3v) is 4.96. The summed E-state index contributed by atoms with van der Waals surface area (Å²) in [6, 6.07) is 0. The lowest BCUT2D eigenvalue weighted by Crippen LogP contribution is -2.31. The maximum atomic E-state index is 11.3. The first kappa shape index (κ1) is 23.2. The number of hydrogen-bond donors (Lipinski definition) is 0. The van der Waals surface area contributed by atoms with Crippen molar-refractivity contribution in [3.63, 3.8) is 0 Å². The van der Waals surface area contributed by atoms with Crippen LogP contribution in [0.25, 0.3) is 0 Å². The number of carboxylic acid groups (broad SMARTS) is 1. The molecular weight excluding hydrogens is 296 g/mol. The van der Waals surface area contributed by atoms with Gasteiger partial charge in [0.25, 0.3) is 0 Å². The van der Waals surface area contributed by atoms with Gasteiger partial charge in [-0.2, -0.15) is 0 Å². The van der Waals surface area contributed by atoms with E-state index in [2.05, 4.69) is 33.8 Å². The highest BCUT2D eigenvalue weighted by atomic mass is 16.4. The third-order valence-electron chi connectivity index (χ3n) is 4.96. The van der Waals surface area contributed by atoms with Crippen molar-refractivity contribution >= 4 is 5.97 Å². The van der Waals surface area contributed by atoms with Gasteiger partial charge < -0.3 is 9.90 Å². The molecule has 0 radical (unpaired) electrons. The number of rotatable bonds is 16. The Hall–Kier alpha value is -0.790. The monoisotopic (exact) mass is 337 g/mol. The summed E-state index contributed by atoms with van der Waals surface area (Å²) in [6.45, 7) is 8.73. The Kier molecular flexibility index (Phi) is 15.2. The normalized spacial score (nSPS) is 13.5. The van der Waals surface area contributed by atoms with Gasteiger partial charge in [-0.15, -0.1) is 0 Å². The number of allylic oxidation sites excluding steroid dienone is 2. The molecule has 2 unspecified atom stereocenters. The number of hydrogen-bond acceptors (Lipinski definition) is 2. The van der Waals surface area contributed by atoms with Crippen molar-refractivity contribution in [1.82, 2.24) is 0 Å². The second-order valence-electron chi connectivity index (χ2n) is 7.82. The van der Waals surface area contributed by atoms with Gasteiger partial charge in [0.05, 0.1) is 0 Å². The van der Waals surface area contributed by atoms with Crippen LogP contribution in [0.15, 0.2) is 11.6 Å². The topological polar surface area (TPSA) is 40.1 Å². The molecule has 0 saturated carbocycles. The van der Waals surface area contributed by atoms with Crippen LogP contribution in [0.2, 0.25) is 0 Å². The maximum Gasteiger partial charge on any atom is 0.0445 e. The highest BCUT2D eigenvalue weighted by Crippen LogP contribution is 2.22. The zero-order valence-corrected chi connectivity index (χ0v) is 16.7. The second kappa shape index (κ2) is 15.7. The second-order valence-corrected chi connectivity index (χ2v) is 7.82. The third kappa shape index (κ3) is 14.8. The molecule has 2 heteroatoms. The zero-order valence-electron chi connectivity index (χ0n) is 16.7. The van der Waals surface area contributed by atoms with Crippen LogP contribution in [-0.2, 0) is 4.79 Å². The minimum absolute atomic E-state index is 0.240. The molecule has 0 fully saturated rings. The zero-order chi connectivity index (χ0) is 18.2. The van der Waals surface area contributed by atoms with Crippen LogP contribution < -0.4 is 5.11 Å². The first-order chi connectivity index (χ1) is 11.5. The summed E-state index contributed by atoms with van der Waals surface area (Å²) in [7, 11) is 0. The summed E-state index contributed by atoms with van der Waals surface area (Å²) in [5.41, 5.74) is 1.37. The SMILES string of the molecule is CCCCCCCCCCC(CCC(C)CCC=C(C)C)C(=O)[O-]. The molecule has 0 aliphatic rings. The van der Waals surface area contributed by atoms with Crippen LogP contribution >= 0.6 is 0 Å². The average Bonchev–Trinajstić information content (AvgIpc) is 2.52. The molecule has 2 atom stereocenters. The van der Waals surface area contributed by atoms with Crippen molar-refractivity contribution in [2.24, 2.45) is 11.8 Å². The summed E-state index contributed by atoms with van der Waals surface area (Å²) < 4.78 is 0. The van der Waals surface area contributed by atoms with Gasteiger partial charge in [0.1, 0.15) is 0 Å². The molecule has 0 aliphatic carbocycles. The molecule has 2 nitrogen and oxygen atoms in total. The molecule has 0 bridgehead atoms. The van der Waals surface area contributed by atoms with E-state index in [1.807, 2.05) is 0 Å². The summed E-state index contributed by atoms with van der Waals surface area (Å²) >= 11 is 0. The summed E-state index contributed by atoms with van der Waals surface area (Å²) in [5, 5.41) is 11.3. The van der Waals surface area contributed by atoms with Gasteiger partial charge in [0.15, 0.2) is 0 Å². The molecule has 24 heavy (non-hydrogen) atoms. The van der Waals surface area contributed by atoms with Crippen molar-refractivity contribution in [3.8, 4) is 0 Å². The van der Waals surface area contributed by atoms with E-state index in [0.717, 1.165) is 38.5 Å². The molecule has 142 valence electrons. The Morgan fingerprint density at radius 3 is 2.00 bits per heavy atom. The minimum atomic E-state index is -0.838. The van der Waals surface area contributed by atoms with Gasteiger partial charge in [0.2, 0.25) is 0 Å². The van der Waals surface area contributed by atoms with Crippen LogP contribution in [0, 0.1) is 11.8 Å². The van der Waals surface area contributed by atoms with E-state index in [9.17, 15) is 9.90 Å². The van der Waals surface area contributed by atoms with E-state index in [4.69, 9.17) is 0 Å². The molecule has 0 saturated heterocycles. The molecule has 0 spiro atoms. The van der Waals surface area contributed by atoms with Gasteiger partial charge in [-0.25, -0.2) is 0 Å². The Bertz CT molecular complexity index is 329. The molecule has 0 amide bonds. The number of carboxylic acids is 1. The molecule has 0 rings (SSSR count). The average molecular weight is 338 g/mol. The van der Waals surface area contributed by atoms with Crippen molar-refractivity contribution in [2.75, 3.05) is 0 Å². The fraction of sp³-hybridized carbons (Fsp3) is 0.864. The van der Waals surface area contributed by atoms with E-state index in [1.54, 1.807) is 0 Å². The van der Waals surface area contributed by atoms with Gasteiger partial charge in [-0.3, -0.25) is 0 Å². The molecule has 0 aliphatic heterocycles. The van der Waals surface area contributed by atoms with Gasteiger partial charge in [-0.1, -0.05) is 83.3 Å².